The second-order valence-electron chi connectivity index (χ2n) is 7.64. The first-order valence-electron chi connectivity index (χ1n) is 10.7. The summed E-state index contributed by atoms with van der Waals surface area (Å²) >= 11 is 0. The molecule has 0 aliphatic carbocycles. The van der Waals surface area contributed by atoms with Crippen LogP contribution in [0.3, 0.4) is 0 Å². The Morgan fingerprint density at radius 3 is 2.81 bits per heavy atom. The van der Waals surface area contributed by atoms with Crippen molar-refractivity contribution in [2.24, 2.45) is 0 Å². The van der Waals surface area contributed by atoms with Crippen LogP contribution in [0.1, 0.15) is 30.7 Å². The fraction of sp³-hybridized carbons (Fsp3) is 0.478. The summed E-state index contributed by atoms with van der Waals surface area (Å²) in [5.74, 6) is -0.433. The van der Waals surface area contributed by atoms with Gasteiger partial charge in [0.2, 0.25) is 6.29 Å². The molecule has 8 nitrogen and oxygen atoms in total. The molecular formula is C23H27NO7. The van der Waals surface area contributed by atoms with Crippen LogP contribution in [-0.4, -0.2) is 61.7 Å². The minimum Gasteiger partial charge on any atom is -0.464 e. The normalized spacial score (nSPS) is 21.6. The van der Waals surface area contributed by atoms with Gasteiger partial charge in [-0.2, -0.15) is 0 Å². The number of allylic oxidation sites excluding steroid dienone is 1. The van der Waals surface area contributed by atoms with E-state index in [4.69, 9.17) is 23.7 Å². The molecule has 0 unspecified atom stereocenters. The highest BCUT2D eigenvalue weighted by atomic mass is 16.7. The number of hydrogen-bond donors (Lipinski definition) is 1. The van der Waals surface area contributed by atoms with E-state index in [1.807, 2.05) is 6.07 Å². The van der Waals surface area contributed by atoms with E-state index in [0.717, 1.165) is 0 Å². The van der Waals surface area contributed by atoms with Crippen LogP contribution in [0.25, 0.3) is 11.0 Å². The quantitative estimate of drug-likeness (QED) is 0.674. The fourth-order valence-electron chi connectivity index (χ4n) is 3.83. The first-order valence-corrected chi connectivity index (χ1v) is 10.7. The monoisotopic (exact) mass is 429 g/mol. The zero-order valence-corrected chi connectivity index (χ0v) is 17.3. The molecule has 1 aromatic heterocycles. The van der Waals surface area contributed by atoms with Crippen LogP contribution in [0.2, 0.25) is 0 Å². The molecule has 3 heterocycles. The van der Waals surface area contributed by atoms with E-state index < -0.39 is 6.29 Å². The molecule has 166 valence electrons. The Balaban J connectivity index is 1.61. The maximum Gasteiger partial charge on any atom is 0.288 e. The molecule has 0 spiro atoms. The van der Waals surface area contributed by atoms with E-state index in [2.05, 4.69) is 0 Å². The number of carbonyl (C=O) groups is 1. The number of unbranched alkanes of at least 4 members (excludes halogenated alkanes) is 1. The molecule has 8 heteroatoms. The summed E-state index contributed by atoms with van der Waals surface area (Å²) in [4.78, 5) is 27.8. The lowest BCUT2D eigenvalue weighted by Crippen LogP contribution is -2.43. The number of aliphatic hydroxyl groups excluding tert-OH is 1. The predicted molar refractivity (Wildman–Crippen MR) is 112 cm³/mol. The number of para-hydroxylation sites is 1. The number of morpholine rings is 1. The number of rotatable bonds is 7. The van der Waals surface area contributed by atoms with E-state index in [1.54, 1.807) is 29.2 Å². The van der Waals surface area contributed by atoms with Gasteiger partial charge >= 0.3 is 0 Å². The molecule has 31 heavy (non-hydrogen) atoms. The summed E-state index contributed by atoms with van der Waals surface area (Å²) in [6.07, 6.45) is 4.19. The van der Waals surface area contributed by atoms with Gasteiger partial charge in [0.15, 0.2) is 11.2 Å². The van der Waals surface area contributed by atoms with Crippen molar-refractivity contribution in [2.75, 3.05) is 39.5 Å². The minimum absolute atomic E-state index is 0.0936. The number of benzene rings is 1. The van der Waals surface area contributed by atoms with Crippen molar-refractivity contribution in [1.82, 2.24) is 4.90 Å². The van der Waals surface area contributed by atoms with E-state index >= 15 is 0 Å². The Morgan fingerprint density at radius 2 is 2.00 bits per heavy atom. The maximum atomic E-state index is 13.1. The molecule has 2 aliphatic rings. The number of aliphatic hydroxyl groups is 1. The molecule has 2 aliphatic heterocycles. The zero-order valence-electron chi connectivity index (χ0n) is 17.3. The van der Waals surface area contributed by atoms with Gasteiger partial charge in [-0.1, -0.05) is 12.1 Å². The lowest BCUT2D eigenvalue weighted by atomic mass is 9.93. The number of amides is 1. The predicted octanol–water partition coefficient (Wildman–Crippen LogP) is 2.15. The van der Waals surface area contributed by atoms with Crippen molar-refractivity contribution >= 4 is 16.9 Å². The van der Waals surface area contributed by atoms with E-state index in [1.165, 1.54) is 6.26 Å². The van der Waals surface area contributed by atoms with Crippen LogP contribution in [0.4, 0.5) is 0 Å². The Bertz CT molecular complexity index is 993. The third-order valence-electron chi connectivity index (χ3n) is 5.53. The second-order valence-corrected chi connectivity index (χ2v) is 7.64. The lowest BCUT2D eigenvalue weighted by molar-refractivity contribution is -0.155. The Morgan fingerprint density at radius 1 is 1.19 bits per heavy atom. The highest BCUT2D eigenvalue weighted by Gasteiger charge is 2.33. The van der Waals surface area contributed by atoms with Crippen LogP contribution in [-0.2, 0) is 19.0 Å². The summed E-state index contributed by atoms with van der Waals surface area (Å²) in [7, 11) is 0. The molecule has 1 fully saturated rings. The van der Waals surface area contributed by atoms with Gasteiger partial charge in [0.1, 0.15) is 5.58 Å². The van der Waals surface area contributed by atoms with Gasteiger partial charge in [-0.25, -0.2) is 0 Å². The highest BCUT2D eigenvalue weighted by molar-refractivity contribution is 5.92. The van der Waals surface area contributed by atoms with E-state index in [0.29, 0.717) is 68.7 Å². The van der Waals surface area contributed by atoms with Gasteiger partial charge in [0.05, 0.1) is 31.5 Å². The first-order chi connectivity index (χ1) is 15.2. The summed E-state index contributed by atoms with van der Waals surface area (Å²) in [5, 5.41) is 9.47. The van der Waals surface area contributed by atoms with Gasteiger partial charge in [0.25, 0.3) is 5.91 Å². The van der Waals surface area contributed by atoms with Crippen LogP contribution >= 0.6 is 0 Å². The first kappa shape index (κ1) is 21.5. The summed E-state index contributed by atoms with van der Waals surface area (Å²) < 4.78 is 22.7. The zero-order chi connectivity index (χ0) is 21.6. The molecule has 2 atom stereocenters. The largest absolute Gasteiger partial charge is 0.464 e. The van der Waals surface area contributed by atoms with Crippen LogP contribution in [0.15, 0.2) is 51.6 Å². The molecule has 1 aromatic carbocycles. The van der Waals surface area contributed by atoms with Crippen LogP contribution in [0, 0.1) is 0 Å². The van der Waals surface area contributed by atoms with Crippen molar-refractivity contribution in [1.29, 1.82) is 0 Å². The second kappa shape index (κ2) is 10.1. The molecule has 0 saturated carbocycles. The minimum atomic E-state index is -0.667. The van der Waals surface area contributed by atoms with Gasteiger partial charge in [-0.05, 0) is 31.1 Å². The van der Waals surface area contributed by atoms with Crippen molar-refractivity contribution in [2.45, 2.75) is 31.5 Å². The van der Waals surface area contributed by atoms with Crippen molar-refractivity contribution < 1.29 is 28.5 Å². The molecule has 1 N–H and O–H groups in total. The molecule has 1 saturated heterocycles. The molecule has 0 radical (unpaired) electrons. The number of carbonyl (C=O) groups excluding carboxylic acids is 1. The van der Waals surface area contributed by atoms with E-state index in [9.17, 15) is 9.59 Å². The number of fused-ring (bicyclic) bond motifs is 1. The van der Waals surface area contributed by atoms with Gasteiger partial charge in [0, 0.05) is 37.6 Å². The standard InChI is InChI=1S/C23H27NO7/c25-9-3-4-10-29-21-14-16(13-20(31-21)23(27)24-7-11-28-12-8-24)18-15-30-19-6-2-1-5-17(19)22(18)26/h1-2,5-6,13,15-16,21,25H,3-4,7-12,14H2/t16-,21+/m0/s1. The number of nitrogens with zero attached hydrogens (tertiary/aromatic N) is 1. The molecule has 2 aromatic rings. The molecular weight excluding hydrogens is 402 g/mol. The van der Waals surface area contributed by atoms with Gasteiger partial charge in [-0.3, -0.25) is 9.59 Å². The summed E-state index contributed by atoms with van der Waals surface area (Å²) in [6, 6.07) is 7.09. The Labute approximate surface area is 180 Å². The van der Waals surface area contributed by atoms with E-state index in [-0.39, 0.29) is 29.6 Å². The van der Waals surface area contributed by atoms with Gasteiger partial charge in [-0.15, -0.1) is 0 Å². The topological polar surface area (TPSA) is 98.4 Å². The average Bonchev–Trinajstić information content (AvgIpc) is 2.82. The van der Waals surface area contributed by atoms with Crippen LogP contribution in [0.5, 0.6) is 0 Å². The van der Waals surface area contributed by atoms with Crippen molar-refractivity contribution in [3.8, 4) is 0 Å². The van der Waals surface area contributed by atoms with Gasteiger partial charge < -0.3 is 28.6 Å². The summed E-state index contributed by atoms with van der Waals surface area (Å²) in [5.41, 5.74) is 0.870. The van der Waals surface area contributed by atoms with Crippen molar-refractivity contribution in [3.63, 3.8) is 0 Å². The smallest absolute Gasteiger partial charge is 0.288 e. The molecule has 1 amide bonds. The Kier molecular flexibility index (Phi) is 7.01. The fourth-order valence-corrected chi connectivity index (χ4v) is 3.83. The maximum absolute atomic E-state index is 13.1. The summed E-state index contributed by atoms with van der Waals surface area (Å²) in [6.45, 7) is 2.43. The number of hydrogen-bond acceptors (Lipinski definition) is 7. The number of ether oxygens (including phenoxy) is 3. The third kappa shape index (κ3) is 4.98. The van der Waals surface area contributed by atoms with Crippen molar-refractivity contribution in [3.05, 3.63) is 58.2 Å². The Hall–Kier alpha value is -2.68. The van der Waals surface area contributed by atoms with Crippen LogP contribution < -0.4 is 5.43 Å². The highest BCUT2D eigenvalue weighted by Crippen LogP contribution is 2.31. The lowest BCUT2D eigenvalue weighted by Gasteiger charge is -2.32. The third-order valence-corrected chi connectivity index (χ3v) is 5.53. The molecule has 0 bridgehead atoms. The SMILES string of the molecule is O=C(C1=C[C@H](c2coc3ccccc3c2=O)C[C@H](OCCCCO)O1)N1CCOCC1. The molecule has 4 rings (SSSR count). The average molecular weight is 429 g/mol.